The van der Waals surface area contributed by atoms with E-state index in [0.29, 0.717) is 45.8 Å². The Bertz CT molecular complexity index is 1300. The molecule has 1 aromatic carbocycles. The zero-order valence-corrected chi connectivity index (χ0v) is 17.4. The second kappa shape index (κ2) is 6.87. The van der Waals surface area contributed by atoms with Crippen molar-refractivity contribution in [2.75, 3.05) is 13.6 Å². The van der Waals surface area contributed by atoms with Crippen LogP contribution in [0.15, 0.2) is 42.0 Å². The summed E-state index contributed by atoms with van der Waals surface area (Å²) in [5.74, 6) is -0.847. The van der Waals surface area contributed by atoms with Gasteiger partial charge in [0, 0.05) is 42.7 Å². The second-order valence-corrected chi connectivity index (χ2v) is 8.57. The number of carbonyl (C=O) groups excluding carboxylic acids is 1. The summed E-state index contributed by atoms with van der Waals surface area (Å²) in [7, 11) is 1.68. The highest BCUT2D eigenvalue weighted by Gasteiger charge is 2.45. The molecule has 1 aliphatic heterocycles. The third kappa shape index (κ3) is 2.83. The molecule has 1 amide bonds. The molecule has 152 valence electrons. The van der Waals surface area contributed by atoms with Gasteiger partial charge < -0.3 is 15.0 Å². The van der Waals surface area contributed by atoms with Gasteiger partial charge in [-0.05, 0) is 11.6 Å². The summed E-state index contributed by atoms with van der Waals surface area (Å²) in [6.07, 6.45) is 3.27. The van der Waals surface area contributed by atoms with Gasteiger partial charge in [0.2, 0.25) is 0 Å². The van der Waals surface area contributed by atoms with Crippen LogP contribution in [0.3, 0.4) is 0 Å². The Morgan fingerprint density at radius 2 is 2.23 bits per heavy atom. The fourth-order valence-corrected chi connectivity index (χ4v) is 4.78. The van der Waals surface area contributed by atoms with Crippen molar-refractivity contribution in [3.8, 4) is 21.8 Å². The molecule has 0 aliphatic carbocycles. The number of aromatic amines is 1. The molecular weight excluding hydrogens is 427 g/mol. The third-order valence-electron chi connectivity index (χ3n) is 5.48. The van der Waals surface area contributed by atoms with E-state index in [-0.39, 0.29) is 10.9 Å². The van der Waals surface area contributed by atoms with E-state index in [1.54, 1.807) is 31.4 Å². The van der Waals surface area contributed by atoms with Crippen LogP contribution in [0.5, 0.6) is 0 Å². The molecular formula is C21H16ClFN4O2S. The number of likely N-dealkylation sites (tertiary alicyclic amines) is 1. The molecule has 6 nitrogen and oxygen atoms in total. The van der Waals surface area contributed by atoms with Crippen LogP contribution < -0.4 is 0 Å². The van der Waals surface area contributed by atoms with Gasteiger partial charge >= 0.3 is 0 Å². The fraction of sp³-hybridized carbons (Fsp3) is 0.190. The summed E-state index contributed by atoms with van der Waals surface area (Å²) in [5, 5.41) is 13.6. The highest BCUT2D eigenvalue weighted by molar-refractivity contribution is 7.13. The van der Waals surface area contributed by atoms with Crippen molar-refractivity contribution in [3.05, 3.63) is 58.4 Å². The van der Waals surface area contributed by atoms with E-state index >= 15 is 0 Å². The van der Waals surface area contributed by atoms with Crippen LogP contribution >= 0.6 is 22.9 Å². The molecule has 0 unspecified atom stereocenters. The molecule has 9 heteroatoms. The van der Waals surface area contributed by atoms with E-state index < -0.39 is 11.4 Å². The first-order chi connectivity index (χ1) is 14.4. The molecule has 5 rings (SSSR count). The van der Waals surface area contributed by atoms with Gasteiger partial charge in [-0.1, -0.05) is 29.8 Å². The fourth-order valence-electron chi connectivity index (χ4n) is 3.79. The number of nitrogens with zero attached hydrogens (tertiary/aromatic N) is 3. The van der Waals surface area contributed by atoms with Crippen molar-refractivity contribution < 1.29 is 14.3 Å². The predicted octanol–water partition coefficient (Wildman–Crippen LogP) is 4.20. The summed E-state index contributed by atoms with van der Waals surface area (Å²) in [6, 6.07) is 7.19. The first-order valence-electron chi connectivity index (χ1n) is 9.24. The van der Waals surface area contributed by atoms with Crippen LogP contribution in [0.1, 0.15) is 12.0 Å². The number of nitrogens with one attached hydrogen (secondary N) is 1. The number of carbonyl (C=O) groups is 1. The van der Waals surface area contributed by atoms with Crippen molar-refractivity contribution in [1.82, 2.24) is 19.9 Å². The van der Waals surface area contributed by atoms with Gasteiger partial charge in [-0.3, -0.25) is 4.79 Å². The number of hydrogen-bond donors (Lipinski definition) is 2. The van der Waals surface area contributed by atoms with Gasteiger partial charge in [-0.15, -0.1) is 11.3 Å². The van der Waals surface area contributed by atoms with E-state index in [0.717, 1.165) is 5.56 Å². The first-order valence-corrected chi connectivity index (χ1v) is 10.5. The van der Waals surface area contributed by atoms with Crippen molar-refractivity contribution in [2.45, 2.75) is 12.0 Å². The number of likely N-dealkylation sites (N-methyl/N-ethyl adjacent to an activating group) is 1. The van der Waals surface area contributed by atoms with Crippen molar-refractivity contribution in [1.29, 1.82) is 0 Å². The number of H-pyrrole nitrogens is 1. The monoisotopic (exact) mass is 442 g/mol. The summed E-state index contributed by atoms with van der Waals surface area (Å²) in [5.41, 5.74) is 1.43. The van der Waals surface area contributed by atoms with Gasteiger partial charge in [0.25, 0.3) is 5.91 Å². The molecule has 0 saturated carbocycles. The van der Waals surface area contributed by atoms with E-state index in [9.17, 15) is 14.3 Å². The summed E-state index contributed by atoms with van der Waals surface area (Å²) < 4.78 is 14.6. The van der Waals surface area contributed by atoms with E-state index in [1.165, 1.54) is 22.4 Å². The number of thiazole rings is 1. The predicted molar refractivity (Wildman–Crippen MR) is 114 cm³/mol. The topological polar surface area (TPSA) is 82.1 Å². The minimum absolute atomic E-state index is 0.0488. The maximum atomic E-state index is 14.6. The van der Waals surface area contributed by atoms with Crippen molar-refractivity contribution in [3.63, 3.8) is 0 Å². The van der Waals surface area contributed by atoms with E-state index in [4.69, 9.17) is 11.6 Å². The Labute approximate surface area is 180 Å². The number of fused-ring (bicyclic) bond motifs is 1. The van der Waals surface area contributed by atoms with E-state index in [2.05, 4.69) is 15.0 Å². The summed E-state index contributed by atoms with van der Waals surface area (Å²) >= 11 is 7.26. The Hall–Kier alpha value is -2.81. The van der Waals surface area contributed by atoms with Gasteiger partial charge in [0.05, 0.1) is 22.3 Å². The quantitative estimate of drug-likeness (QED) is 0.498. The Morgan fingerprint density at radius 1 is 1.40 bits per heavy atom. The van der Waals surface area contributed by atoms with E-state index in [1.807, 2.05) is 11.4 Å². The molecule has 0 spiro atoms. The lowest BCUT2D eigenvalue weighted by Crippen LogP contribution is -2.36. The van der Waals surface area contributed by atoms with Crippen LogP contribution in [0, 0.1) is 5.82 Å². The molecule has 30 heavy (non-hydrogen) atoms. The molecule has 3 aromatic heterocycles. The largest absolute Gasteiger partial charge is 0.375 e. The highest BCUT2D eigenvalue weighted by Crippen LogP contribution is 2.38. The molecule has 1 atom stereocenters. The summed E-state index contributed by atoms with van der Waals surface area (Å²) in [6.45, 7) is 0.503. The van der Waals surface area contributed by atoms with Crippen LogP contribution in [0.25, 0.3) is 32.9 Å². The van der Waals surface area contributed by atoms with Gasteiger partial charge in [0.1, 0.15) is 10.7 Å². The standard InChI is InChI=1S/C21H16ClFN4O2S/c1-27-6-5-21(29,20(27)28)12-4-2-3-11(7-12)15-10-30-19(26-15)13-8-24-18-16(13)17(23)14(22)9-25-18/h2-4,7-10,29H,5-6H2,1H3,(H,24,25)/t21-/m1/s1. The highest BCUT2D eigenvalue weighted by atomic mass is 35.5. The van der Waals surface area contributed by atoms with Crippen LogP contribution in [-0.2, 0) is 10.4 Å². The Balaban J connectivity index is 1.55. The Kier molecular flexibility index (Phi) is 4.39. The SMILES string of the molecule is CN1CC[C@@](O)(c2cccc(-c3csc(-c4c[nH]c5ncc(Cl)c(F)c45)n3)c2)C1=O. The summed E-state index contributed by atoms with van der Waals surface area (Å²) in [4.78, 5) is 25.7. The maximum Gasteiger partial charge on any atom is 0.258 e. The molecule has 1 aliphatic rings. The zero-order chi connectivity index (χ0) is 21.0. The number of benzene rings is 1. The number of aromatic nitrogens is 3. The van der Waals surface area contributed by atoms with Gasteiger partial charge in [0.15, 0.2) is 11.4 Å². The maximum absolute atomic E-state index is 14.6. The number of pyridine rings is 1. The van der Waals surface area contributed by atoms with Crippen molar-refractivity contribution >= 4 is 39.9 Å². The lowest BCUT2D eigenvalue weighted by atomic mass is 9.90. The zero-order valence-electron chi connectivity index (χ0n) is 15.8. The van der Waals surface area contributed by atoms with Crippen LogP contribution in [0.4, 0.5) is 4.39 Å². The molecule has 1 saturated heterocycles. The second-order valence-electron chi connectivity index (χ2n) is 7.30. The molecule has 0 radical (unpaired) electrons. The smallest absolute Gasteiger partial charge is 0.258 e. The van der Waals surface area contributed by atoms with Gasteiger partial charge in [-0.2, -0.15) is 0 Å². The van der Waals surface area contributed by atoms with Crippen molar-refractivity contribution in [2.24, 2.45) is 0 Å². The van der Waals surface area contributed by atoms with Crippen LogP contribution in [-0.4, -0.2) is 44.5 Å². The average Bonchev–Trinajstić information content (AvgIpc) is 3.46. The minimum Gasteiger partial charge on any atom is -0.375 e. The number of rotatable bonds is 3. The minimum atomic E-state index is -1.52. The number of aliphatic hydroxyl groups is 1. The lowest BCUT2D eigenvalue weighted by Gasteiger charge is -2.21. The lowest BCUT2D eigenvalue weighted by molar-refractivity contribution is -0.143. The Morgan fingerprint density at radius 3 is 3.00 bits per heavy atom. The number of halogens is 2. The molecule has 4 aromatic rings. The number of amides is 1. The molecule has 4 heterocycles. The average molecular weight is 443 g/mol. The molecule has 0 bridgehead atoms. The first kappa shape index (κ1) is 19.2. The normalized spacial score (nSPS) is 19.2. The molecule has 2 N–H and O–H groups in total. The number of hydrogen-bond acceptors (Lipinski definition) is 5. The molecule has 1 fully saturated rings. The van der Waals surface area contributed by atoms with Crippen LogP contribution in [0.2, 0.25) is 5.02 Å². The third-order valence-corrected chi connectivity index (χ3v) is 6.61. The van der Waals surface area contributed by atoms with Gasteiger partial charge in [-0.25, -0.2) is 14.4 Å².